The highest BCUT2D eigenvalue weighted by Crippen LogP contribution is 2.05. The maximum absolute atomic E-state index is 11.0. The predicted octanol–water partition coefficient (Wildman–Crippen LogP) is -1.08. The van der Waals surface area contributed by atoms with Crippen LogP contribution in [0.15, 0.2) is 0 Å². The molecule has 0 amide bonds. The van der Waals surface area contributed by atoms with Crippen molar-refractivity contribution < 1.29 is 18.4 Å². The Morgan fingerprint density at radius 1 is 1.75 bits per heavy atom. The van der Waals surface area contributed by atoms with Crippen LogP contribution in [-0.2, 0) is 20.9 Å². The minimum absolute atomic E-state index is 0.346. The first-order chi connectivity index (χ1) is 5.70. The normalized spacial score (nSPS) is 25.2. The molecule has 0 aliphatic carbocycles. The van der Waals surface area contributed by atoms with E-state index in [1.807, 2.05) is 0 Å². The molecule has 2 atom stereocenters. The second-order valence-corrected chi connectivity index (χ2v) is 3.07. The Labute approximate surface area is 72.0 Å². The average Bonchev–Trinajstić information content (AvgIpc) is 2.51. The topological polar surface area (TPSA) is 87.7 Å². The van der Waals surface area contributed by atoms with Gasteiger partial charge >= 0.3 is 5.97 Å². The molecule has 7 heteroatoms. The highest BCUT2D eigenvalue weighted by atomic mass is 32.2. The SMILES string of the molecule is O=C(ONS(=O)O)[C@@H]1CCCN1. The summed E-state index contributed by atoms with van der Waals surface area (Å²) in [7, 11) is 0. The van der Waals surface area contributed by atoms with Crippen LogP contribution in [0.2, 0.25) is 0 Å². The number of carbonyl (C=O) groups excluding carboxylic acids is 1. The summed E-state index contributed by atoms with van der Waals surface area (Å²) in [6.45, 7) is 0.780. The first-order valence-corrected chi connectivity index (χ1v) is 4.61. The number of hydrogen-bond donors (Lipinski definition) is 3. The molecule has 1 aliphatic rings. The fraction of sp³-hybridized carbons (Fsp3) is 0.800. The minimum Gasteiger partial charge on any atom is -0.354 e. The van der Waals surface area contributed by atoms with Crippen molar-refractivity contribution in [2.45, 2.75) is 18.9 Å². The molecule has 6 nitrogen and oxygen atoms in total. The molecule has 0 aromatic carbocycles. The lowest BCUT2D eigenvalue weighted by atomic mass is 10.2. The van der Waals surface area contributed by atoms with Gasteiger partial charge in [0.15, 0.2) is 0 Å². The molecule has 1 saturated heterocycles. The van der Waals surface area contributed by atoms with Gasteiger partial charge in [-0.2, -0.15) is 0 Å². The fourth-order valence-corrected chi connectivity index (χ4v) is 1.19. The summed E-state index contributed by atoms with van der Waals surface area (Å²) in [5.74, 6) is -0.546. The molecule has 1 heterocycles. The molecule has 0 saturated carbocycles. The standard InChI is InChI=1S/C5H10N2O4S/c8-5(11-7-12(9)10)4-2-1-3-6-4/h4,6-7H,1-3H2,(H,9,10)/t4-/m0/s1. The van der Waals surface area contributed by atoms with Crippen molar-refractivity contribution in [1.82, 2.24) is 10.2 Å². The van der Waals surface area contributed by atoms with Crippen LogP contribution in [0.1, 0.15) is 12.8 Å². The molecule has 0 bridgehead atoms. The lowest BCUT2D eigenvalue weighted by Crippen LogP contribution is -2.36. The summed E-state index contributed by atoms with van der Waals surface area (Å²) in [6, 6.07) is -0.346. The summed E-state index contributed by atoms with van der Waals surface area (Å²) < 4.78 is 18.2. The van der Waals surface area contributed by atoms with Crippen LogP contribution in [0.25, 0.3) is 0 Å². The van der Waals surface area contributed by atoms with E-state index >= 15 is 0 Å². The predicted molar refractivity (Wildman–Crippen MR) is 41.0 cm³/mol. The molecule has 0 spiro atoms. The number of nitrogens with one attached hydrogen (secondary N) is 2. The van der Waals surface area contributed by atoms with Gasteiger partial charge < -0.3 is 10.2 Å². The second-order valence-electron chi connectivity index (χ2n) is 2.40. The van der Waals surface area contributed by atoms with E-state index < -0.39 is 17.2 Å². The van der Waals surface area contributed by atoms with E-state index in [1.54, 1.807) is 4.89 Å². The van der Waals surface area contributed by atoms with Crippen LogP contribution in [0.3, 0.4) is 0 Å². The van der Waals surface area contributed by atoms with Gasteiger partial charge in [-0.1, -0.05) is 0 Å². The molecular weight excluding hydrogens is 184 g/mol. The maximum Gasteiger partial charge on any atom is 0.342 e. The number of hydrogen-bond acceptors (Lipinski definition) is 4. The Morgan fingerprint density at radius 2 is 2.50 bits per heavy atom. The van der Waals surface area contributed by atoms with Crippen molar-refractivity contribution in [3.8, 4) is 0 Å². The summed E-state index contributed by atoms with van der Waals surface area (Å²) >= 11 is -2.31. The quantitative estimate of drug-likeness (QED) is 0.393. The Kier molecular flexibility index (Phi) is 3.60. The maximum atomic E-state index is 11.0. The van der Waals surface area contributed by atoms with Crippen LogP contribution in [0, 0.1) is 0 Å². The van der Waals surface area contributed by atoms with Gasteiger partial charge in [0.1, 0.15) is 6.04 Å². The van der Waals surface area contributed by atoms with E-state index in [-0.39, 0.29) is 6.04 Å². The summed E-state index contributed by atoms with van der Waals surface area (Å²) in [5.41, 5.74) is 0. The van der Waals surface area contributed by atoms with Crippen molar-refractivity contribution in [2.24, 2.45) is 0 Å². The third-order valence-corrected chi connectivity index (χ3v) is 1.78. The van der Waals surface area contributed by atoms with Crippen LogP contribution in [-0.4, -0.2) is 27.3 Å². The number of rotatable bonds is 3. The molecule has 12 heavy (non-hydrogen) atoms. The van der Waals surface area contributed by atoms with Crippen LogP contribution < -0.4 is 10.2 Å². The van der Waals surface area contributed by atoms with Crippen LogP contribution in [0.4, 0.5) is 0 Å². The zero-order valence-corrected chi connectivity index (χ0v) is 7.10. The highest BCUT2D eigenvalue weighted by molar-refractivity contribution is 7.76. The van der Waals surface area contributed by atoms with E-state index in [0.29, 0.717) is 6.42 Å². The van der Waals surface area contributed by atoms with E-state index in [0.717, 1.165) is 13.0 Å². The van der Waals surface area contributed by atoms with E-state index in [2.05, 4.69) is 10.2 Å². The molecule has 3 N–H and O–H groups in total. The van der Waals surface area contributed by atoms with E-state index in [9.17, 15) is 9.00 Å². The van der Waals surface area contributed by atoms with Crippen LogP contribution in [0.5, 0.6) is 0 Å². The van der Waals surface area contributed by atoms with Gasteiger partial charge in [-0.05, 0) is 24.3 Å². The molecular formula is C5H10N2O4S. The second kappa shape index (κ2) is 4.51. The monoisotopic (exact) mass is 194 g/mol. The Morgan fingerprint density at radius 3 is 3.00 bits per heavy atom. The summed E-state index contributed by atoms with van der Waals surface area (Å²) in [4.78, 5) is 16.9. The Balaban J connectivity index is 2.23. The average molecular weight is 194 g/mol. The first kappa shape index (κ1) is 9.59. The van der Waals surface area contributed by atoms with Crippen LogP contribution >= 0.6 is 0 Å². The van der Waals surface area contributed by atoms with Gasteiger partial charge in [-0.3, -0.25) is 4.55 Å². The highest BCUT2D eigenvalue weighted by Gasteiger charge is 2.23. The lowest BCUT2D eigenvalue weighted by molar-refractivity contribution is -0.149. The lowest BCUT2D eigenvalue weighted by Gasteiger charge is -2.07. The summed E-state index contributed by atoms with van der Waals surface area (Å²) in [6.07, 6.45) is 1.63. The van der Waals surface area contributed by atoms with Crippen molar-refractivity contribution in [1.29, 1.82) is 0 Å². The number of carbonyl (C=O) groups is 1. The van der Waals surface area contributed by atoms with Crippen molar-refractivity contribution in [3.05, 3.63) is 0 Å². The molecule has 70 valence electrons. The molecule has 0 radical (unpaired) electrons. The smallest absolute Gasteiger partial charge is 0.342 e. The van der Waals surface area contributed by atoms with E-state index in [1.165, 1.54) is 0 Å². The first-order valence-electron chi connectivity index (χ1n) is 3.50. The van der Waals surface area contributed by atoms with Crippen molar-refractivity contribution in [3.63, 3.8) is 0 Å². The largest absolute Gasteiger partial charge is 0.354 e. The van der Waals surface area contributed by atoms with Gasteiger partial charge in [0, 0.05) is 0 Å². The Bertz CT molecular complexity index is 192. The molecule has 1 unspecified atom stereocenters. The zero-order valence-electron chi connectivity index (χ0n) is 6.28. The fourth-order valence-electron chi connectivity index (χ4n) is 1.03. The van der Waals surface area contributed by atoms with Gasteiger partial charge in [0.2, 0.25) is 0 Å². The third kappa shape index (κ3) is 2.86. The molecule has 1 fully saturated rings. The summed E-state index contributed by atoms with van der Waals surface area (Å²) in [5, 5.41) is 2.88. The molecule has 0 aromatic heterocycles. The van der Waals surface area contributed by atoms with Crippen molar-refractivity contribution in [2.75, 3.05) is 6.54 Å². The molecule has 1 aliphatic heterocycles. The molecule has 0 aromatic rings. The van der Waals surface area contributed by atoms with Gasteiger partial charge in [-0.15, -0.1) is 0 Å². The molecule has 1 rings (SSSR count). The van der Waals surface area contributed by atoms with Gasteiger partial charge in [0.05, 0.1) is 0 Å². The third-order valence-electron chi connectivity index (χ3n) is 1.56. The van der Waals surface area contributed by atoms with Crippen molar-refractivity contribution >= 4 is 17.2 Å². The van der Waals surface area contributed by atoms with E-state index in [4.69, 9.17) is 4.55 Å². The Hall–Kier alpha value is -0.500. The van der Waals surface area contributed by atoms with Gasteiger partial charge in [-0.25, -0.2) is 9.00 Å². The van der Waals surface area contributed by atoms with Gasteiger partial charge in [0.25, 0.3) is 11.3 Å². The minimum atomic E-state index is -2.31. The zero-order chi connectivity index (χ0) is 8.97.